The number of nitrogens with one attached hydrogen (secondary N) is 1. The van der Waals surface area contributed by atoms with Gasteiger partial charge in [-0.3, -0.25) is 0 Å². The average molecular weight is 308 g/mol. The van der Waals surface area contributed by atoms with Crippen LogP contribution in [0, 0.1) is 5.92 Å². The molecule has 1 fully saturated rings. The van der Waals surface area contributed by atoms with E-state index in [9.17, 15) is 8.42 Å². The molecule has 0 radical (unpaired) electrons. The van der Waals surface area contributed by atoms with E-state index in [1.165, 1.54) is 4.31 Å². The Bertz CT molecular complexity index is 404. The van der Waals surface area contributed by atoms with Crippen LogP contribution >= 0.6 is 0 Å². The van der Waals surface area contributed by atoms with Crippen molar-refractivity contribution in [1.82, 2.24) is 9.03 Å². The Morgan fingerprint density at radius 2 is 2.15 bits per heavy atom. The van der Waals surface area contributed by atoms with Crippen LogP contribution in [0.15, 0.2) is 0 Å². The minimum absolute atomic E-state index is 0.00398. The van der Waals surface area contributed by atoms with E-state index in [1.54, 1.807) is 0 Å². The predicted molar refractivity (Wildman–Crippen MR) is 77.9 cm³/mol. The number of rotatable bonds is 8. The first-order chi connectivity index (χ1) is 9.19. The first-order valence-corrected chi connectivity index (χ1v) is 8.23. The van der Waals surface area contributed by atoms with Crippen molar-refractivity contribution in [2.45, 2.75) is 31.6 Å². The van der Waals surface area contributed by atoms with Crippen molar-refractivity contribution in [2.75, 3.05) is 26.2 Å². The first kappa shape index (κ1) is 17.8. The van der Waals surface area contributed by atoms with Gasteiger partial charge in [-0.05, 0) is 25.6 Å². The van der Waals surface area contributed by atoms with Crippen LogP contribution < -0.4 is 16.2 Å². The maximum atomic E-state index is 12.0. The molecule has 8 nitrogen and oxygen atoms in total. The fourth-order valence-electron chi connectivity index (χ4n) is 2.46. The lowest BCUT2D eigenvalue weighted by molar-refractivity contribution is 0.343. The summed E-state index contributed by atoms with van der Waals surface area (Å²) < 4.78 is 27.8. The fraction of sp³-hybridized carbons (Fsp3) is 1.00. The summed E-state index contributed by atoms with van der Waals surface area (Å²) in [5, 5.41) is 17.7. The van der Waals surface area contributed by atoms with Gasteiger partial charge in [-0.2, -0.15) is 12.7 Å². The van der Waals surface area contributed by atoms with Crippen molar-refractivity contribution in [3.63, 3.8) is 0 Å². The van der Waals surface area contributed by atoms with Crippen molar-refractivity contribution >= 4 is 17.3 Å². The van der Waals surface area contributed by atoms with Gasteiger partial charge in [0.05, 0.1) is 0 Å². The Balaban J connectivity index is 2.59. The molecule has 7 N–H and O–H groups in total. The van der Waals surface area contributed by atoms with Crippen LogP contribution in [-0.2, 0) is 10.2 Å². The van der Waals surface area contributed by atoms with Gasteiger partial charge >= 0.3 is 7.12 Å². The minimum Gasteiger partial charge on any atom is -0.427 e. The zero-order chi connectivity index (χ0) is 15.4. The van der Waals surface area contributed by atoms with Gasteiger partial charge in [-0.1, -0.05) is 6.42 Å². The van der Waals surface area contributed by atoms with E-state index in [4.69, 9.17) is 21.5 Å². The molecule has 0 bridgehead atoms. The van der Waals surface area contributed by atoms with Crippen LogP contribution in [0.3, 0.4) is 0 Å². The molecular weight excluding hydrogens is 283 g/mol. The van der Waals surface area contributed by atoms with Crippen LogP contribution in [0.4, 0.5) is 0 Å². The second kappa shape index (κ2) is 7.16. The van der Waals surface area contributed by atoms with Crippen molar-refractivity contribution in [3.05, 3.63) is 0 Å². The summed E-state index contributed by atoms with van der Waals surface area (Å²) in [6, 6.07) is 0. The average Bonchev–Trinajstić information content (AvgIpc) is 2.63. The molecule has 0 aliphatic carbocycles. The molecule has 1 aliphatic rings. The molecule has 10 heteroatoms. The smallest absolute Gasteiger partial charge is 0.427 e. The normalized spacial score (nSPS) is 27.9. The highest BCUT2D eigenvalue weighted by Crippen LogP contribution is 2.30. The Morgan fingerprint density at radius 1 is 1.50 bits per heavy atom. The summed E-state index contributed by atoms with van der Waals surface area (Å²) in [5.74, 6) is -0.00398. The van der Waals surface area contributed by atoms with Crippen molar-refractivity contribution in [1.29, 1.82) is 0 Å². The molecule has 0 spiro atoms. The number of nitrogens with two attached hydrogens (primary N) is 2. The SMILES string of the molecule is C[C@]1(N)CN(S(=O)(=O)NCCN)C[C@@H]1CCCB(O)O. The summed E-state index contributed by atoms with van der Waals surface area (Å²) in [6.07, 6.45) is 1.53. The summed E-state index contributed by atoms with van der Waals surface area (Å²) in [6.45, 7) is 2.85. The van der Waals surface area contributed by atoms with E-state index in [0.717, 1.165) is 0 Å². The molecular formula is C10H25BN4O4S. The number of nitrogens with zero attached hydrogens (tertiary/aromatic N) is 1. The zero-order valence-corrected chi connectivity index (χ0v) is 12.6. The third kappa shape index (κ3) is 4.95. The lowest BCUT2D eigenvalue weighted by atomic mass is 9.79. The van der Waals surface area contributed by atoms with Crippen LogP contribution in [-0.4, -0.2) is 61.6 Å². The second-order valence-electron chi connectivity index (χ2n) is 5.59. The quantitative estimate of drug-likeness (QED) is 0.319. The summed E-state index contributed by atoms with van der Waals surface area (Å²) >= 11 is 0. The van der Waals surface area contributed by atoms with Gasteiger partial charge in [0, 0.05) is 31.7 Å². The topological polar surface area (TPSA) is 142 Å². The van der Waals surface area contributed by atoms with E-state index >= 15 is 0 Å². The maximum absolute atomic E-state index is 12.0. The third-order valence-electron chi connectivity index (χ3n) is 3.66. The van der Waals surface area contributed by atoms with Crippen LogP contribution in [0.2, 0.25) is 6.32 Å². The Hall–Kier alpha value is -0.225. The van der Waals surface area contributed by atoms with Crippen molar-refractivity contribution in [3.8, 4) is 0 Å². The van der Waals surface area contributed by atoms with Crippen molar-refractivity contribution < 1.29 is 18.5 Å². The summed E-state index contributed by atoms with van der Waals surface area (Å²) in [4.78, 5) is 0. The lowest BCUT2D eigenvalue weighted by Crippen LogP contribution is -2.46. The molecule has 0 saturated carbocycles. The van der Waals surface area contributed by atoms with E-state index in [2.05, 4.69) is 4.72 Å². The van der Waals surface area contributed by atoms with E-state index in [1.807, 2.05) is 6.92 Å². The molecule has 0 aromatic heterocycles. The second-order valence-corrected chi connectivity index (χ2v) is 7.35. The maximum Gasteiger partial charge on any atom is 0.451 e. The fourth-order valence-corrected chi connectivity index (χ4v) is 3.84. The third-order valence-corrected chi connectivity index (χ3v) is 5.18. The molecule has 1 heterocycles. The predicted octanol–water partition coefficient (Wildman–Crippen LogP) is -2.32. The molecule has 1 saturated heterocycles. The molecule has 0 aromatic rings. The Morgan fingerprint density at radius 3 is 2.70 bits per heavy atom. The monoisotopic (exact) mass is 308 g/mol. The molecule has 1 aliphatic heterocycles. The molecule has 20 heavy (non-hydrogen) atoms. The highest BCUT2D eigenvalue weighted by atomic mass is 32.2. The summed E-state index contributed by atoms with van der Waals surface area (Å²) in [7, 11) is -4.87. The van der Waals surface area contributed by atoms with Gasteiger partial charge in [0.2, 0.25) is 0 Å². The highest BCUT2D eigenvalue weighted by Gasteiger charge is 2.43. The number of hydrogen-bond acceptors (Lipinski definition) is 6. The van der Waals surface area contributed by atoms with E-state index in [-0.39, 0.29) is 31.9 Å². The molecule has 2 atom stereocenters. The Labute approximate surface area is 120 Å². The van der Waals surface area contributed by atoms with Gasteiger partial charge in [0.1, 0.15) is 0 Å². The largest absolute Gasteiger partial charge is 0.451 e. The first-order valence-electron chi connectivity index (χ1n) is 6.79. The van der Waals surface area contributed by atoms with Crippen LogP contribution in [0.1, 0.15) is 19.8 Å². The van der Waals surface area contributed by atoms with Gasteiger partial charge in [-0.25, -0.2) is 4.72 Å². The van der Waals surface area contributed by atoms with E-state index in [0.29, 0.717) is 19.4 Å². The minimum atomic E-state index is -3.54. The van der Waals surface area contributed by atoms with Gasteiger partial charge in [0.15, 0.2) is 0 Å². The van der Waals surface area contributed by atoms with Gasteiger partial charge in [0.25, 0.3) is 10.2 Å². The van der Waals surface area contributed by atoms with Crippen LogP contribution in [0.5, 0.6) is 0 Å². The van der Waals surface area contributed by atoms with Gasteiger partial charge < -0.3 is 21.5 Å². The van der Waals surface area contributed by atoms with E-state index < -0.39 is 22.9 Å². The molecule has 118 valence electrons. The standard InChI is InChI=1S/C10H25BN4O4S/c1-10(13)8-15(20(18,19)14-6-5-12)7-9(10)3-2-4-11(16)17/h9,14,16-17H,2-8,12-13H2,1H3/t9-,10-/m0/s1. The highest BCUT2D eigenvalue weighted by molar-refractivity contribution is 7.87. The van der Waals surface area contributed by atoms with Crippen LogP contribution in [0.25, 0.3) is 0 Å². The van der Waals surface area contributed by atoms with Crippen molar-refractivity contribution in [2.24, 2.45) is 17.4 Å². The molecule has 0 aromatic carbocycles. The zero-order valence-electron chi connectivity index (χ0n) is 11.8. The molecule has 0 amide bonds. The molecule has 0 unspecified atom stereocenters. The van der Waals surface area contributed by atoms with Gasteiger partial charge in [-0.15, -0.1) is 0 Å². The molecule has 1 rings (SSSR count). The Kier molecular flexibility index (Phi) is 6.39. The summed E-state index contributed by atoms with van der Waals surface area (Å²) in [5.41, 5.74) is 10.8. The lowest BCUT2D eigenvalue weighted by Gasteiger charge is -2.25. The number of hydrogen-bond donors (Lipinski definition) is 5.